The fourth-order valence-electron chi connectivity index (χ4n) is 3.14. The van der Waals surface area contributed by atoms with Gasteiger partial charge in [0.2, 0.25) is 0 Å². The third-order valence-corrected chi connectivity index (χ3v) is 5.98. The molecule has 0 unspecified atom stereocenters. The van der Waals surface area contributed by atoms with Crippen molar-refractivity contribution in [2.75, 3.05) is 0 Å². The number of rotatable bonds is 7. The van der Waals surface area contributed by atoms with Crippen molar-refractivity contribution in [3.05, 3.63) is 87.3 Å². The van der Waals surface area contributed by atoms with E-state index in [2.05, 4.69) is 4.98 Å². The number of carbonyl (C=O) groups is 1. The molecule has 4 rings (SSSR count). The number of ether oxygens (including phenoxy) is 2. The number of aromatic carboxylic acids is 1. The van der Waals surface area contributed by atoms with Crippen LogP contribution in [0.4, 0.5) is 4.39 Å². The molecule has 4 aromatic rings. The van der Waals surface area contributed by atoms with Crippen molar-refractivity contribution in [2.24, 2.45) is 0 Å². The summed E-state index contributed by atoms with van der Waals surface area (Å²) in [4.78, 5) is 15.4. The Morgan fingerprint density at radius 3 is 2.48 bits per heavy atom. The molecule has 0 atom stereocenters. The molecular formula is C23H17ClFNO4S. The number of carboxylic acids is 1. The van der Waals surface area contributed by atoms with E-state index in [1.54, 1.807) is 24.3 Å². The average Bonchev–Trinajstić information content (AvgIpc) is 3.16. The lowest BCUT2D eigenvalue weighted by atomic mass is 10.1. The standard InChI is InChI=1S/C23H17ClFNO4S/c1-13-6-16(29-10-14-4-2-3-5-19(14)25)8-17(7-13)30-11-15-12-31-21-18(23(27)28)9-26-22(24)20(15)21/h2-9,12H,10-11H2,1H3,(H,27,28). The number of aromatic nitrogens is 1. The fraction of sp³-hybridized carbons (Fsp3) is 0.130. The van der Waals surface area contributed by atoms with Crippen LogP contribution < -0.4 is 9.47 Å². The first kappa shape index (κ1) is 21.1. The smallest absolute Gasteiger partial charge is 0.338 e. The molecule has 5 nitrogen and oxygen atoms in total. The maximum Gasteiger partial charge on any atom is 0.338 e. The van der Waals surface area contributed by atoms with Crippen LogP contribution in [0.5, 0.6) is 11.5 Å². The van der Waals surface area contributed by atoms with E-state index in [4.69, 9.17) is 21.1 Å². The van der Waals surface area contributed by atoms with E-state index >= 15 is 0 Å². The minimum absolute atomic E-state index is 0.101. The van der Waals surface area contributed by atoms with Crippen LogP contribution in [-0.4, -0.2) is 16.1 Å². The summed E-state index contributed by atoms with van der Waals surface area (Å²) in [6.07, 6.45) is 1.26. The molecule has 0 saturated carbocycles. The van der Waals surface area contributed by atoms with Gasteiger partial charge in [0, 0.05) is 28.8 Å². The number of benzene rings is 2. The van der Waals surface area contributed by atoms with Crippen LogP contribution in [0.1, 0.15) is 27.0 Å². The van der Waals surface area contributed by atoms with Crippen LogP contribution in [0.15, 0.2) is 54.0 Å². The van der Waals surface area contributed by atoms with Gasteiger partial charge in [-0.2, -0.15) is 0 Å². The number of carboxylic acid groups (broad SMARTS) is 1. The lowest BCUT2D eigenvalue weighted by molar-refractivity contribution is 0.0699. The average molecular weight is 458 g/mol. The lowest BCUT2D eigenvalue weighted by Gasteiger charge is -2.12. The van der Waals surface area contributed by atoms with Gasteiger partial charge in [-0.15, -0.1) is 11.3 Å². The Bertz CT molecular complexity index is 1270. The van der Waals surface area contributed by atoms with Crippen molar-refractivity contribution in [2.45, 2.75) is 20.1 Å². The summed E-state index contributed by atoms with van der Waals surface area (Å²) in [5, 5.41) is 12.0. The molecule has 0 amide bonds. The molecule has 158 valence electrons. The highest BCUT2D eigenvalue weighted by Crippen LogP contribution is 2.34. The third-order valence-electron chi connectivity index (χ3n) is 4.63. The molecule has 0 spiro atoms. The Balaban J connectivity index is 1.52. The molecule has 0 aliphatic rings. The van der Waals surface area contributed by atoms with Crippen LogP contribution in [0.25, 0.3) is 10.1 Å². The van der Waals surface area contributed by atoms with Crippen molar-refractivity contribution in [1.82, 2.24) is 4.98 Å². The number of hydrogen-bond donors (Lipinski definition) is 1. The molecule has 0 fully saturated rings. The summed E-state index contributed by atoms with van der Waals surface area (Å²) in [7, 11) is 0. The van der Waals surface area contributed by atoms with Crippen molar-refractivity contribution in [1.29, 1.82) is 0 Å². The van der Waals surface area contributed by atoms with Crippen molar-refractivity contribution < 1.29 is 23.8 Å². The number of halogens is 2. The quantitative estimate of drug-likeness (QED) is 0.332. The second kappa shape index (κ2) is 8.91. The highest BCUT2D eigenvalue weighted by molar-refractivity contribution is 7.17. The predicted molar refractivity (Wildman–Crippen MR) is 118 cm³/mol. The minimum atomic E-state index is -1.06. The molecule has 1 N–H and O–H groups in total. The zero-order valence-corrected chi connectivity index (χ0v) is 18.0. The van der Waals surface area contributed by atoms with Gasteiger partial charge in [0.05, 0.1) is 10.3 Å². The van der Waals surface area contributed by atoms with Gasteiger partial charge in [0.25, 0.3) is 0 Å². The first-order valence-corrected chi connectivity index (χ1v) is 10.6. The highest BCUT2D eigenvalue weighted by Gasteiger charge is 2.17. The van der Waals surface area contributed by atoms with Gasteiger partial charge in [0.15, 0.2) is 0 Å². The SMILES string of the molecule is Cc1cc(OCc2ccccc2F)cc(OCc2csc3c(C(=O)O)cnc(Cl)c23)c1. The molecule has 0 radical (unpaired) electrons. The summed E-state index contributed by atoms with van der Waals surface area (Å²) in [5.41, 5.74) is 2.24. The summed E-state index contributed by atoms with van der Waals surface area (Å²) in [6.45, 7) is 2.19. The minimum Gasteiger partial charge on any atom is -0.489 e. The third kappa shape index (κ3) is 4.62. The zero-order valence-electron chi connectivity index (χ0n) is 16.4. The van der Waals surface area contributed by atoms with Gasteiger partial charge in [-0.05, 0) is 36.1 Å². The van der Waals surface area contributed by atoms with Crippen molar-refractivity contribution >= 4 is 39.0 Å². The van der Waals surface area contributed by atoms with Gasteiger partial charge in [0.1, 0.15) is 35.7 Å². The van der Waals surface area contributed by atoms with Crippen LogP contribution in [-0.2, 0) is 13.2 Å². The predicted octanol–water partition coefficient (Wildman–Crippen LogP) is 6.25. The van der Waals surface area contributed by atoms with Gasteiger partial charge in [-0.3, -0.25) is 0 Å². The Morgan fingerprint density at radius 1 is 1.13 bits per heavy atom. The number of thiophene rings is 1. The fourth-order valence-corrected chi connectivity index (χ4v) is 4.52. The number of nitrogens with zero attached hydrogens (tertiary/aromatic N) is 1. The van der Waals surface area contributed by atoms with E-state index in [9.17, 15) is 14.3 Å². The Kier molecular flexibility index (Phi) is 6.06. The number of fused-ring (bicyclic) bond motifs is 1. The molecule has 2 heterocycles. The summed E-state index contributed by atoms with van der Waals surface area (Å²) >= 11 is 7.51. The first-order valence-electron chi connectivity index (χ1n) is 9.31. The van der Waals surface area contributed by atoms with Gasteiger partial charge >= 0.3 is 5.97 Å². The molecule has 31 heavy (non-hydrogen) atoms. The van der Waals surface area contributed by atoms with Gasteiger partial charge < -0.3 is 14.6 Å². The van der Waals surface area contributed by atoms with Crippen LogP contribution >= 0.6 is 22.9 Å². The van der Waals surface area contributed by atoms with E-state index < -0.39 is 5.97 Å². The Labute approximate surface area is 186 Å². The topological polar surface area (TPSA) is 68.7 Å². The number of hydrogen-bond acceptors (Lipinski definition) is 5. The number of aryl methyl sites for hydroxylation is 1. The summed E-state index contributed by atoms with van der Waals surface area (Å²) in [6, 6.07) is 11.9. The first-order chi connectivity index (χ1) is 14.9. The lowest BCUT2D eigenvalue weighted by Crippen LogP contribution is -2.00. The van der Waals surface area contributed by atoms with Crippen LogP contribution in [0, 0.1) is 12.7 Å². The maximum absolute atomic E-state index is 13.8. The van der Waals surface area contributed by atoms with Crippen molar-refractivity contribution in [3.8, 4) is 11.5 Å². The molecule has 2 aromatic heterocycles. The van der Waals surface area contributed by atoms with Crippen molar-refractivity contribution in [3.63, 3.8) is 0 Å². The highest BCUT2D eigenvalue weighted by atomic mass is 35.5. The molecular weight excluding hydrogens is 441 g/mol. The zero-order chi connectivity index (χ0) is 22.0. The second-order valence-corrected chi connectivity index (χ2v) is 8.12. The van der Waals surface area contributed by atoms with E-state index in [0.717, 1.165) is 11.1 Å². The molecule has 8 heteroatoms. The molecule has 0 bridgehead atoms. The van der Waals surface area contributed by atoms with E-state index in [1.165, 1.54) is 23.6 Å². The molecule has 2 aromatic carbocycles. The normalized spacial score (nSPS) is 10.9. The molecule has 0 aliphatic carbocycles. The molecule has 0 aliphatic heterocycles. The summed E-state index contributed by atoms with van der Waals surface area (Å²) in [5.74, 6) is -0.247. The largest absolute Gasteiger partial charge is 0.489 e. The second-order valence-electron chi connectivity index (χ2n) is 6.88. The van der Waals surface area contributed by atoms with Gasteiger partial charge in [-0.1, -0.05) is 29.8 Å². The monoisotopic (exact) mass is 457 g/mol. The van der Waals surface area contributed by atoms with Crippen LogP contribution in [0.3, 0.4) is 0 Å². The number of pyridine rings is 1. The molecule has 0 saturated heterocycles. The summed E-state index contributed by atoms with van der Waals surface area (Å²) < 4.78 is 26.0. The van der Waals surface area contributed by atoms with Gasteiger partial charge in [-0.25, -0.2) is 14.2 Å². The van der Waals surface area contributed by atoms with E-state index in [1.807, 2.05) is 24.4 Å². The van der Waals surface area contributed by atoms with E-state index in [-0.39, 0.29) is 29.7 Å². The van der Waals surface area contributed by atoms with Crippen LogP contribution in [0.2, 0.25) is 5.15 Å². The maximum atomic E-state index is 13.8. The van der Waals surface area contributed by atoms with E-state index in [0.29, 0.717) is 27.1 Å². The Morgan fingerprint density at radius 2 is 1.81 bits per heavy atom. The Hall–Kier alpha value is -3.16.